The Labute approximate surface area is 201 Å². The van der Waals surface area contributed by atoms with Crippen LogP contribution in [0.4, 0.5) is 10.8 Å². The molecule has 0 aliphatic carbocycles. The van der Waals surface area contributed by atoms with Gasteiger partial charge in [0, 0.05) is 18.4 Å². The zero-order valence-electron chi connectivity index (χ0n) is 19.3. The van der Waals surface area contributed by atoms with Crippen LogP contribution in [-0.4, -0.2) is 47.8 Å². The van der Waals surface area contributed by atoms with E-state index < -0.39 is 10.9 Å². The molecule has 2 rings (SSSR count). The van der Waals surface area contributed by atoms with Crippen LogP contribution in [0.15, 0.2) is 18.2 Å². The van der Waals surface area contributed by atoms with Gasteiger partial charge < -0.3 is 9.47 Å². The van der Waals surface area contributed by atoms with E-state index in [-0.39, 0.29) is 29.7 Å². The molecule has 0 unspecified atom stereocenters. The Balaban J connectivity index is 2.10. The maximum atomic E-state index is 13.0. The molecule has 1 heterocycles. The van der Waals surface area contributed by atoms with Gasteiger partial charge in [-0.15, -0.1) is 11.8 Å². The third kappa shape index (κ3) is 7.43. The van der Waals surface area contributed by atoms with Gasteiger partial charge in [0.15, 0.2) is 10.9 Å². The highest BCUT2D eigenvalue weighted by atomic mass is 32.2. The lowest BCUT2D eigenvalue weighted by Gasteiger charge is -2.19. The Bertz CT molecular complexity index is 979. The highest BCUT2D eigenvalue weighted by Crippen LogP contribution is 2.30. The van der Waals surface area contributed by atoms with E-state index in [0.717, 1.165) is 36.2 Å². The van der Waals surface area contributed by atoms with E-state index in [1.54, 1.807) is 30.9 Å². The van der Waals surface area contributed by atoms with Gasteiger partial charge >= 0.3 is 11.7 Å². The van der Waals surface area contributed by atoms with E-state index in [4.69, 9.17) is 9.47 Å². The van der Waals surface area contributed by atoms with Gasteiger partial charge in [0.2, 0.25) is 5.91 Å². The van der Waals surface area contributed by atoms with Gasteiger partial charge in [-0.3, -0.25) is 19.8 Å². The normalized spacial score (nSPS) is 10.7. The Morgan fingerprint density at radius 1 is 1.27 bits per heavy atom. The number of ether oxygens (including phenoxy) is 2. The van der Waals surface area contributed by atoms with E-state index in [1.807, 2.05) is 0 Å². The molecular weight excluding hydrogens is 466 g/mol. The van der Waals surface area contributed by atoms with Gasteiger partial charge in [0.1, 0.15) is 4.88 Å². The molecule has 11 heteroatoms. The smallest absolute Gasteiger partial charge is 0.350 e. The van der Waals surface area contributed by atoms with E-state index in [1.165, 1.54) is 24.9 Å². The lowest BCUT2D eigenvalue weighted by molar-refractivity contribution is -0.385. The summed E-state index contributed by atoms with van der Waals surface area (Å²) in [6.45, 7) is 6.33. The molecule has 0 saturated heterocycles. The Hall–Kier alpha value is -2.66. The summed E-state index contributed by atoms with van der Waals surface area (Å²) >= 11 is 2.53. The van der Waals surface area contributed by atoms with Crippen LogP contribution in [0.5, 0.6) is 5.75 Å². The zero-order valence-corrected chi connectivity index (χ0v) is 20.9. The topological polar surface area (TPSA) is 112 Å². The highest BCUT2D eigenvalue weighted by Gasteiger charge is 2.24. The molecule has 180 valence electrons. The first-order chi connectivity index (χ1) is 15.8. The van der Waals surface area contributed by atoms with Crippen LogP contribution in [0.2, 0.25) is 0 Å². The van der Waals surface area contributed by atoms with Crippen molar-refractivity contribution in [1.29, 1.82) is 0 Å². The van der Waals surface area contributed by atoms with Crippen molar-refractivity contribution in [1.82, 2.24) is 4.98 Å². The quantitative estimate of drug-likeness (QED) is 0.165. The summed E-state index contributed by atoms with van der Waals surface area (Å²) < 4.78 is 10.1. The fourth-order valence-corrected chi connectivity index (χ4v) is 4.88. The Morgan fingerprint density at radius 2 is 2.03 bits per heavy atom. The lowest BCUT2D eigenvalue weighted by atomic mass is 10.2. The predicted molar refractivity (Wildman–Crippen MR) is 130 cm³/mol. The predicted octanol–water partition coefficient (Wildman–Crippen LogP) is 5.00. The van der Waals surface area contributed by atoms with Crippen molar-refractivity contribution in [2.24, 2.45) is 0 Å². The van der Waals surface area contributed by atoms with E-state index in [2.05, 4.69) is 11.9 Å². The molecule has 0 saturated carbocycles. The van der Waals surface area contributed by atoms with Gasteiger partial charge in [-0.05, 0) is 31.9 Å². The second kappa shape index (κ2) is 13.1. The number of nitrogens with zero attached hydrogens (tertiary/aromatic N) is 3. The van der Waals surface area contributed by atoms with Crippen LogP contribution >= 0.6 is 23.1 Å². The van der Waals surface area contributed by atoms with Crippen molar-refractivity contribution in [3.05, 3.63) is 44.4 Å². The number of benzene rings is 1. The lowest BCUT2D eigenvalue weighted by Crippen LogP contribution is -2.33. The highest BCUT2D eigenvalue weighted by molar-refractivity contribution is 7.99. The number of carbonyl (C=O) groups is 2. The van der Waals surface area contributed by atoms with Gasteiger partial charge in [-0.2, -0.15) is 0 Å². The van der Waals surface area contributed by atoms with Crippen molar-refractivity contribution < 1.29 is 24.0 Å². The van der Waals surface area contributed by atoms with Crippen LogP contribution in [0.1, 0.15) is 54.0 Å². The second-order valence-electron chi connectivity index (χ2n) is 7.14. The van der Waals surface area contributed by atoms with Crippen LogP contribution in [0, 0.1) is 17.0 Å². The summed E-state index contributed by atoms with van der Waals surface area (Å²) in [5.74, 6) is 0.255. The number of nitro benzene ring substituents is 1. The van der Waals surface area contributed by atoms with Crippen molar-refractivity contribution in [3.63, 3.8) is 0 Å². The fourth-order valence-electron chi connectivity index (χ4n) is 3.03. The minimum absolute atomic E-state index is 0.104. The first-order valence-corrected chi connectivity index (χ1v) is 12.6. The molecule has 0 aliphatic rings. The first kappa shape index (κ1) is 26.6. The molecule has 33 heavy (non-hydrogen) atoms. The van der Waals surface area contributed by atoms with Gasteiger partial charge in [-0.25, -0.2) is 9.78 Å². The monoisotopic (exact) mass is 495 g/mol. The molecule has 0 aliphatic heterocycles. The largest absolute Gasteiger partial charge is 0.490 e. The molecule has 1 aromatic carbocycles. The second-order valence-corrected chi connectivity index (χ2v) is 9.10. The maximum Gasteiger partial charge on any atom is 0.350 e. The number of hydrogen-bond donors (Lipinski definition) is 0. The molecule has 0 spiro atoms. The number of hydrogen-bond acceptors (Lipinski definition) is 9. The van der Waals surface area contributed by atoms with Gasteiger partial charge in [-0.1, -0.05) is 37.2 Å². The molecular formula is C22H29N3O6S2. The standard InChI is InChI=1S/C22H29N3O6S2/c1-5-7-8-11-24(22-23-15(3)20(33-22)21(27)31-6-2)19(26)14-32-13-16-9-10-18(30-4)17(12-16)25(28)29/h9-10,12H,5-8,11,13-14H2,1-4H3. The van der Waals surface area contributed by atoms with Crippen molar-refractivity contribution in [2.75, 3.05) is 30.9 Å². The minimum atomic E-state index is -0.487. The number of rotatable bonds is 13. The molecule has 1 aromatic heterocycles. The fraction of sp³-hybridized carbons (Fsp3) is 0.500. The first-order valence-electron chi connectivity index (χ1n) is 10.7. The van der Waals surface area contributed by atoms with E-state index >= 15 is 0 Å². The molecule has 0 N–H and O–H groups in total. The number of unbranched alkanes of at least 4 members (excludes halogenated alkanes) is 2. The molecule has 0 radical (unpaired) electrons. The molecule has 0 bridgehead atoms. The summed E-state index contributed by atoms with van der Waals surface area (Å²) in [5.41, 5.74) is 1.17. The summed E-state index contributed by atoms with van der Waals surface area (Å²) in [7, 11) is 1.39. The SMILES string of the molecule is CCCCCN(C(=O)CSCc1ccc(OC)c([N+](=O)[O-])c1)c1nc(C)c(C(=O)OCC)s1. The Morgan fingerprint density at radius 3 is 2.67 bits per heavy atom. The number of esters is 1. The summed E-state index contributed by atoms with van der Waals surface area (Å²) in [6.07, 6.45) is 2.81. The maximum absolute atomic E-state index is 13.0. The number of aromatic nitrogens is 1. The number of methoxy groups -OCH3 is 1. The number of aryl methyl sites for hydroxylation is 1. The molecule has 9 nitrogen and oxygen atoms in total. The third-order valence-electron chi connectivity index (χ3n) is 4.70. The average molecular weight is 496 g/mol. The number of nitro groups is 1. The summed E-state index contributed by atoms with van der Waals surface area (Å²) in [5, 5.41) is 11.7. The summed E-state index contributed by atoms with van der Waals surface area (Å²) in [6, 6.07) is 4.77. The number of anilines is 1. The number of carbonyl (C=O) groups excluding carboxylic acids is 2. The third-order valence-corrected chi connectivity index (χ3v) is 6.85. The summed E-state index contributed by atoms with van der Waals surface area (Å²) in [4.78, 5) is 42.4. The van der Waals surface area contributed by atoms with Crippen LogP contribution < -0.4 is 9.64 Å². The van der Waals surface area contributed by atoms with Gasteiger partial charge in [0.05, 0.1) is 30.1 Å². The number of thioether (sulfide) groups is 1. The molecule has 2 aromatic rings. The average Bonchev–Trinajstić information content (AvgIpc) is 3.17. The van der Waals surface area contributed by atoms with E-state index in [9.17, 15) is 19.7 Å². The van der Waals surface area contributed by atoms with Gasteiger partial charge in [0.25, 0.3) is 0 Å². The van der Waals surface area contributed by atoms with Crippen molar-refractivity contribution in [2.45, 2.75) is 45.8 Å². The van der Waals surface area contributed by atoms with Crippen molar-refractivity contribution in [3.8, 4) is 5.75 Å². The Kier molecular flexibility index (Phi) is 10.6. The van der Waals surface area contributed by atoms with E-state index in [0.29, 0.717) is 28.0 Å². The zero-order chi connectivity index (χ0) is 24.4. The molecule has 1 amide bonds. The number of thiazole rings is 1. The number of amides is 1. The molecule has 0 atom stereocenters. The molecule has 0 fully saturated rings. The van der Waals surface area contributed by atoms with Crippen LogP contribution in [0.25, 0.3) is 0 Å². The van der Waals surface area contributed by atoms with Crippen LogP contribution in [0.3, 0.4) is 0 Å². The minimum Gasteiger partial charge on any atom is -0.490 e. The van der Waals surface area contributed by atoms with Crippen molar-refractivity contribution >= 4 is 45.8 Å². The van der Waals surface area contributed by atoms with Crippen LogP contribution in [-0.2, 0) is 15.3 Å².